The van der Waals surface area contributed by atoms with E-state index >= 15 is 0 Å². The van der Waals surface area contributed by atoms with Gasteiger partial charge in [0.05, 0.1) is 0 Å². The van der Waals surface area contributed by atoms with Gasteiger partial charge in [-0.05, 0) is 6.42 Å². The highest BCUT2D eigenvalue weighted by molar-refractivity contribution is 8.62. The van der Waals surface area contributed by atoms with Crippen LogP contribution in [-0.4, -0.2) is 22.6 Å². The van der Waals surface area contributed by atoms with Crippen LogP contribution in [0.2, 0.25) is 0 Å². The molecule has 0 bridgehead atoms. The molecule has 6 heteroatoms. The number of hydrogen-bond donors (Lipinski definition) is 2. The van der Waals surface area contributed by atoms with Crippen molar-refractivity contribution in [2.75, 3.05) is 12.9 Å². The third-order valence-electron chi connectivity index (χ3n) is 1.34. The monoisotopic (exact) mass is 231 g/mol. The molecule has 1 unspecified atom stereocenters. The van der Waals surface area contributed by atoms with Crippen LogP contribution in [0.5, 0.6) is 0 Å². The molecule has 74 valence electrons. The van der Waals surface area contributed by atoms with Gasteiger partial charge in [-0.3, -0.25) is 0 Å². The van der Waals surface area contributed by atoms with Gasteiger partial charge in [-0.1, -0.05) is 19.8 Å². The van der Waals surface area contributed by atoms with E-state index in [1.54, 1.807) is 6.26 Å². The van der Waals surface area contributed by atoms with Gasteiger partial charge in [0.2, 0.25) is 10.8 Å². The van der Waals surface area contributed by atoms with Crippen LogP contribution in [0.25, 0.3) is 0 Å². The summed E-state index contributed by atoms with van der Waals surface area (Å²) in [5.41, 5.74) is -3.17. The Bertz CT molecular complexity index is 159. The van der Waals surface area contributed by atoms with Crippen molar-refractivity contribution < 1.29 is 14.0 Å². The van der Waals surface area contributed by atoms with E-state index < -0.39 is 16.5 Å². The Kier molecular flexibility index (Phi) is 6.82. The smallest absolute Gasteiger partial charge is 0.305 e. The molecule has 0 rings (SSSR count). The standard InChI is InChI=1S/C6H15O3PS2/c1-3-4-5-6-9-12(2)10(7,8)11/h3-6H2,1-2H3,(H-,7,8,11)/p+1. The minimum Gasteiger partial charge on any atom is -0.305 e. The van der Waals surface area contributed by atoms with E-state index in [4.69, 9.17) is 14.0 Å². The van der Waals surface area contributed by atoms with Crippen molar-refractivity contribution in [3.8, 4) is 0 Å². The van der Waals surface area contributed by atoms with Crippen molar-refractivity contribution in [3.63, 3.8) is 0 Å². The lowest BCUT2D eigenvalue weighted by molar-refractivity contribution is 0.350. The Morgan fingerprint density at radius 1 is 1.42 bits per heavy atom. The quantitative estimate of drug-likeness (QED) is 0.414. The van der Waals surface area contributed by atoms with E-state index in [9.17, 15) is 0 Å². The molecule has 12 heavy (non-hydrogen) atoms. The summed E-state index contributed by atoms with van der Waals surface area (Å²) < 4.78 is 5.18. The summed E-state index contributed by atoms with van der Waals surface area (Å²) in [6.45, 7) is 2.68. The van der Waals surface area contributed by atoms with Crippen LogP contribution in [-0.2, 0) is 26.8 Å². The summed E-state index contributed by atoms with van der Waals surface area (Å²) in [6, 6.07) is 0. The van der Waals surface area contributed by atoms with E-state index in [0.717, 1.165) is 19.3 Å². The molecule has 0 saturated heterocycles. The fourth-order valence-electron chi connectivity index (χ4n) is 0.600. The van der Waals surface area contributed by atoms with E-state index in [2.05, 4.69) is 18.7 Å². The van der Waals surface area contributed by atoms with Gasteiger partial charge in [0.25, 0.3) is 0 Å². The number of rotatable bonds is 6. The van der Waals surface area contributed by atoms with Gasteiger partial charge in [-0.2, -0.15) is 4.18 Å². The van der Waals surface area contributed by atoms with Crippen molar-refractivity contribution in [1.82, 2.24) is 0 Å². The second-order valence-corrected chi connectivity index (χ2v) is 9.80. The second kappa shape index (κ2) is 6.35. The summed E-state index contributed by atoms with van der Waals surface area (Å²) in [5.74, 6) is 0. The van der Waals surface area contributed by atoms with Crippen LogP contribution in [0.3, 0.4) is 0 Å². The Hall–Kier alpha value is 0.880. The van der Waals surface area contributed by atoms with Crippen molar-refractivity contribution >= 4 is 28.3 Å². The van der Waals surface area contributed by atoms with Gasteiger partial charge in [-0.25, -0.2) is 0 Å². The molecule has 0 spiro atoms. The molecule has 2 N–H and O–H groups in total. The Labute approximate surface area is 81.6 Å². The average Bonchev–Trinajstić information content (AvgIpc) is 1.96. The van der Waals surface area contributed by atoms with Crippen LogP contribution in [0.4, 0.5) is 0 Å². The van der Waals surface area contributed by atoms with Crippen LogP contribution in [0, 0.1) is 0 Å². The van der Waals surface area contributed by atoms with E-state index in [0.29, 0.717) is 6.61 Å². The van der Waals surface area contributed by atoms with Gasteiger partial charge >= 0.3 is 5.69 Å². The molecule has 0 heterocycles. The van der Waals surface area contributed by atoms with Crippen molar-refractivity contribution in [3.05, 3.63) is 0 Å². The molecular weight excluding hydrogens is 215 g/mol. The maximum Gasteiger partial charge on any atom is 0.427 e. The molecule has 3 nitrogen and oxygen atoms in total. The Morgan fingerprint density at radius 2 is 2.00 bits per heavy atom. The Balaban J connectivity index is 3.45. The molecule has 0 radical (unpaired) electrons. The first-order valence-corrected chi connectivity index (χ1v) is 8.71. The summed E-state index contributed by atoms with van der Waals surface area (Å²) >= 11 is 4.50. The van der Waals surface area contributed by atoms with Gasteiger partial charge < -0.3 is 9.79 Å². The highest BCUT2D eigenvalue weighted by atomic mass is 32.9. The molecule has 0 aliphatic heterocycles. The maximum atomic E-state index is 9.01. The first kappa shape index (κ1) is 12.9. The van der Waals surface area contributed by atoms with E-state index in [1.165, 1.54) is 0 Å². The fraction of sp³-hybridized carbons (Fsp3) is 1.00. The highest BCUT2D eigenvalue weighted by Crippen LogP contribution is 2.44. The normalized spacial score (nSPS) is 14.7. The summed E-state index contributed by atoms with van der Waals surface area (Å²) in [7, 11) is -0.854. The lowest BCUT2D eigenvalue weighted by Gasteiger charge is -2.04. The molecule has 0 aromatic heterocycles. The predicted octanol–water partition coefficient (Wildman–Crippen LogP) is 1.57. The molecule has 0 aromatic carbocycles. The topological polar surface area (TPSA) is 49.7 Å². The molecule has 0 aromatic rings. The molecule has 1 atom stereocenters. The number of unbranched alkanes of at least 4 members (excludes halogenated alkanes) is 2. The molecule has 0 fully saturated rings. The van der Waals surface area contributed by atoms with Gasteiger partial charge in [0.1, 0.15) is 12.9 Å². The maximum absolute atomic E-state index is 9.01. The minimum absolute atomic E-state index is 0.576. The largest absolute Gasteiger partial charge is 0.427 e. The average molecular weight is 231 g/mol. The molecule has 0 saturated carbocycles. The summed E-state index contributed by atoms with van der Waals surface area (Å²) in [4.78, 5) is 18.0. The third kappa shape index (κ3) is 6.40. The third-order valence-corrected chi connectivity index (χ3v) is 6.73. The van der Waals surface area contributed by atoms with Crippen molar-refractivity contribution in [1.29, 1.82) is 0 Å². The highest BCUT2D eigenvalue weighted by Gasteiger charge is 2.32. The van der Waals surface area contributed by atoms with Gasteiger partial charge in [-0.15, -0.1) is 0 Å². The molecular formula is C6H16O3PS2+. The lowest BCUT2D eigenvalue weighted by Crippen LogP contribution is -2.05. The van der Waals surface area contributed by atoms with Crippen LogP contribution in [0.1, 0.15) is 26.2 Å². The van der Waals surface area contributed by atoms with Gasteiger partial charge in [0, 0.05) is 11.8 Å². The lowest BCUT2D eigenvalue weighted by atomic mass is 10.3. The first-order chi connectivity index (χ1) is 5.48. The SMILES string of the molecule is CCCCCO[S+](C)P(O)(O)=S. The second-order valence-electron chi connectivity index (χ2n) is 2.44. The molecule has 0 aliphatic rings. The van der Waals surface area contributed by atoms with Crippen LogP contribution >= 0.6 is 5.69 Å². The van der Waals surface area contributed by atoms with Gasteiger partial charge in [0.15, 0.2) is 0 Å². The van der Waals surface area contributed by atoms with Crippen LogP contribution < -0.4 is 0 Å². The Morgan fingerprint density at radius 3 is 2.42 bits per heavy atom. The summed E-state index contributed by atoms with van der Waals surface area (Å²) in [5, 5.41) is 0. The van der Waals surface area contributed by atoms with Crippen molar-refractivity contribution in [2.45, 2.75) is 26.2 Å². The molecule has 0 amide bonds. The van der Waals surface area contributed by atoms with E-state index in [-0.39, 0.29) is 0 Å². The zero-order valence-electron chi connectivity index (χ0n) is 7.39. The molecule has 0 aliphatic carbocycles. The number of hydrogen-bond acceptors (Lipinski definition) is 2. The summed E-state index contributed by atoms with van der Waals surface area (Å²) in [6.07, 6.45) is 4.83. The zero-order chi connectivity index (χ0) is 9.61. The fourth-order valence-corrected chi connectivity index (χ4v) is 2.12. The van der Waals surface area contributed by atoms with Crippen molar-refractivity contribution in [2.24, 2.45) is 0 Å². The zero-order valence-corrected chi connectivity index (χ0v) is 9.92. The van der Waals surface area contributed by atoms with E-state index in [1.807, 2.05) is 0 Å². The van der Waals surface area contributed by atoms with Crippen LogP contribution in [0.15, 0.2) is 0 Å². The minimum atomic E-state index is -3.17. The first-order valence-electron chi connectivity index (χ1n) is 3.84. The predicted molar refractivity (Wildman–Crippen MR) is 57.5 cm³/mol.